The molecule has 17 heavy (non-hydrogen) atoms. The molecule has 1 amide bonds. The molecule has 0 heterocycles. The van der Waals surface area contributed by atoms with Gasteiger partial charge in [0.1, 0.15) is 0 Å². The minimum absolute atomic E-state index is 0.0676. The van der Waals surface area contributed by atoms with Crippen molar-refractivity contribution in [1.29, 1.82) is 0 Å². The standard InChI is InChI=1S/C13H15NO3/c1-3-12(15)14-11-6-4-9(2)10(8-11)5-7-13(16)17/h4-8H,3H2,1-2H3,(H,14,15)(H,16,17)/b7-5+. The molecule has 0 bridgehead atoms. The second-order valence-electron chi connectivity index (χ2n) is 3.64. The molecule has 4 heteroatoms. The number of carboxylic acids is 1. The second-order valence-corrected chi connectivity index (χ2v) is 3.64. The first-order chi connectivity index (χ1) is 8.02. The highest BCUT2D eigenvalue weighted by Crippen LogP contribution is 2.17. The topological polar surface area (TPSA) is 66.4 Å². The molecule has 0 radical (unpaired) electrons. The van der Waals surface area contributed by atoms with Crippen molar-refractivity contribution >= 4 is 23.6 Å². The summed E-state index contributed by atoms with van der Waals surface area (Å²) < 4.78 is 0. The van der Waals surface area contributed by atoms with Crippen LogP contribution in [0, 0.1) is 6.92 Å². The summed E-state index contributed by atoms with van der Waals surface area (Å²) in [4.78, 5) is 21.7. The Morgan fingerprint density at radius 1 is 1.41 bits per heavy atom. The van der Waals surface area contributed by atoms with E-state index in [1.54, 1.807) is 19.1 Å². The first-order valence-electron chi connectivity index (χ1n) is 5.34. The van der Waals surface area contributed by atoms with Crippen LogP contribution < -0.4 is 5.32 Å². The fourth-order valence-electron chi connectivity index (χ4n) is 1.31. The van der Waals surface area contributed by atoms with Gasteiger partial charge in [-0.15, -0.1) is 0 Å². The normalized spacial score (nSPS) is 10.5. The number of anilines is 1. The van der Waals surface area contributed by atoms with Crippen LogP contribution in [0.15, 0.2) is 24.3 Å². The molecule has 0 saturated heterocycles. The van der Waals surface area contributed by atoms with Gasteiger partial charge in [0.05, 0.1) is 0 Å². The van der Waals surface area contributed by atoms with Gasteiger partial charge in [-0.3, -0.25) is 4.79 Å². The van der Waals surface area contributed by atoms with Gasteiger partial charge in [-0.25, -0.2) is 4.79 Å². The molecular formula is C13H15NO3. The third kappa shape index (κ3) is 4.10. The molecule has 1 aromatic carbocycles. The van der Waals surface area contributed by atoms with Crippen LogP contribution >= 0.6 is 0 Å². The average molecular weight is 233 g/mol. The number of amides is 1. The number of hydrogen-bond acceptors (Lipinski definition) is 2. The van der Waals surface area contributed by atoms with E-state index in [1.807, 2.05) is 13.0 Å². The molecule has 90 valence electrons. The number of aryl methyl sites for hydroxylation is 1. The number of aliphatic carboxylic acids is 1. The van der Waals surface area contributed by atoms with Crippen molar-refractivity contribution in [3.05, 3.63) is 35.4 Å². The van der Waals surface area contributed by atoms with Crippen LogP contribution in [0.1, 0.15) is 24.5 Å². The zero-order chi connectivity index (χ0) is 12.8. The predicted octanol–water partition coefficient (Wildman–Crippen LogP) is 2.44. The summed E-state index contributed by atoms with van der Waals surface area (Å²) >= 11 is 0. The van der Waals surface area contributed by atoms with E-state index in [1.165, 1.54) is 6.08 Å². The van der Waals surface area contributed by atoms with E-state index in [0.29, 0.717) is 12.1 Å². The molecular weight excluding hydrogens is 218 g/mol. The Labute approximate surface area is 100.0 Å². The number of nitrogens with one attached hydrogen (secondary N) is 1. The van der Waals surface area contributed by atoms with Gasteiger partial charge in [0.15, 0.2) is 0 Å². The molecule has 0 aliphatic heterocycles. The van der Waals surface area contributed by atoms with Crippen LogP contribution in [0.5, 0.6) is 0 Å². The molecule has 0 unspecified atom stereocenters. The maximum Gasteiger partial charge on any atom is 0.328 e. The smallest absolute Gasteiger partial charge is 0.328 e. The molecule has 0 aromatic heterocycles. The number of rotatable bonds is 4. The van der Waals surface area contributed by atoms with E-state index in [-0.39, 0.29) is 5.91 Å². The van der Waals surface area contributed by atoms with Gasteiger partial charge in [0.2, 0.25) is 5.91 Å². The highest BCUT2D eigenvalue weighted by molar-refractivity contribution is 5.91. The third-order valence-electron chi connectivity index (χ3n) is 2.29. The van der Waals surface area contributed by atoms with E-state index < -0.39 is 5.97 Å². The summed E-state index contributed by atoms with van der Waals surface area (Å²) in [5.41, 5.74) is 2.41. The van der Waals surface area contributed by atoms with Crippen molar-refractivity contribution in [2.75, 3.05) is 5.32 Å². The van der Waals surface area contributed by atoms with E-state index in [9.17, 15) is 9.59 Å². The van der Waals surface area contributed by atoms with E-state index in [0.717, 1.165) is 17.2 Å². The van der Waals surface area contributed by atoms with Gasteiger partial charge >= 0.3 is 5.97 Å². The maximum atomic E-state index is 11.2. The number of carboxylic acid groups (broad SMARTS) is 1. The molecule has 0 saturated carbocycles. The Hall–Kier alpha value is -2.10. The molecule has 0 fully saturated rings. The monoisotopic (exact) mass is 233 g/mol. The van der Waals surface area contributed by atoms with Gasteiger partial charge < -0.3 is 10.4 Å². The summed E-state index contributed by atoms with van der Waals surface area (Å²) in [5, 5.41) is 11.3. The minimum atomic E-state index is -0.993. The van der Waals surface area contributed by atoms with Crippen molar-refractivity contribution in [3.8, 4) is 0 Å². The Balaban J connectivity index is 2.94. The highest BCUT2D eigenvalue weighted by Gasteiger charge is 2.01. The SMILES string of the molecule is CCC(=O)Nc1ccc(C)c(/C=C/C(=O)O)c1. The summed E-state index contributed by atoms with van der Waals surface area (Å²) in [6.45, 7) is 3.65. The molecule has 0 spiro atoms. The second kappa shape index (κ2) is 5.84. The summed E-state index contributed by atoms with van der Waals surface area (Å²) in [6, 6.07) is 5.39. The van der Waals surface area contributed by atoms with Gasteiger partial charge in [-0.1, -0.05) is 13.0 Å². The van der Waals surface area contributed by atoms with Crippen LogP contribution in [-0.4, -0.2) is 17.0 Å². The molecule has 0 atom stereocenters. The van der Waals surface area contributed by atoms with Crippen LogP contribution in [0.4, 0.5) is 5.69 Å². The van der Waals surface area contributed by atoms with Gasteiger partial charge in [-0.05, 0) is 36.3 Å². The highest BCUT2D eigenvalue weighted by atomic mass is 16.4. The van der Waals surface area contributed by atoms with Crippen molar-refractivity contribution < 1.29 is 14.7 Å². The van der Waals surface area contributed by atoms with Crippen molar-refractivity contribution in [1.82, 2.24) is 0 Å². The Bertz CT molecular complexity index is 464. The lowest BCUT2D eigenvalue weighted by atomic mass is 10.1. The minimum Gasteiger partial charge on any atom is -0.478 e. The van der Waals surface area contributed by atoms with Gasteiger partial charge in [-0.2, -0.15) is 0 Å². The summed E-state index contributed by atoms with van der Waals surface area (Å²) in [7, 11) is 0. The molecule has 2 N–H and O–H groups in total. The molecule has 1 rings (SSSR count). The van der Waals surface area contributed by atoms with Crippen LogP contribution in [-0.2, 0) is 9.59 Å². The Morgan fingerprint density at radius 2 is 2.12 bits per heavy atom. The molecule has 4 nitrogen and oxygen atoms in total. The van der Waals surface area contributed by atoms with Gasteiger partial charge in [0, 0.05) is 18.2 Å². The number of carbonyl (C=O) groups excluding carboxylic acids is 1. The van der Waals surface area contributed by atoms with Crippen LogP contribution in [0.3, 0.4) is 0 Å². The molecule has 0 aliphatic rings. The lowest BCUT2D eigenvalue weighted by molar-refractivity contribution is -0.131. The maximum absolute atomic E-state index is 11.2. The largest absolute Gasteiger partial charge is 0.478 e. The average Bonchev–Trinajstić information content (AvgIpc) is 2.29. The van der Waals surface area contributed by atoms with Crippen LogP contribution in [0.25, 0.3) is 6.08 Å². The lowest BCUT2D eigenvalue weighted by Gasteiger charge is -2.06. The first kappa shape index (κ1) is 13.0. The van der Waals surface area contributed by atoms with E-state index >= 15 is 0 Å². The van der Waals surface area contributed by atoms with Crippen molar-refractivity contribution in [2.24, 2.45) is 0 Å². The zero-order valence-corrected chi connectivity index (χ0v) is 9.86. The van der Waals surface area contributed by atoms with Crippen LogP contribution in [0.2, 0.25) is 0 Å². The number of benzene rings is 1. The summed E-state index contributed by atoms with van der Waals surface area (Å²) in [5.74, 6) is -1.06. The number of hydrogen-bond donors (Lipinski definition) is 2. The Kier molecular flexibility index (Phi) is 4.46. The zero-order valence-electron chi connectivity index (χ0n) is 9.86. The third-order valence-corrected chi connectivity index (χ3v) is 2.29. The molecule has 0 aliphatic carbocycles. The van der Waals surface area contributed by atoms with Gasteiger partial charge in [0.25, 0.3) is 0 Å². The summed E-state index contributed by atoms with van der Waals surface area (Å²) in [6.07, 6.45) is 3.00. The fourth-order valence-corrected chi connectivity index (χ4v) is 1.31. The fraction of sp³-hybridized carbons (Fsp3) is 0.231. The van der Waals surface area contributed by atoms with E-state index in [2.05, 4.69) is 5.32 Å². The van der Waals surface area contributed by atoms with E-state index in [4.69, 9.17) is 5.11 Å². The first-order valence-corrected chi connectivity index (χ1v) is 5.34. The molecule has 1 aromatic rings. The Morgan fingerprint density at radius 3 is 2.71 bits per heavy atom. The van der Waals surface area contributed by atoms with Crippen molar-refractivity contribution in [2.45, 2.75) is 20.3 Å². The van der Waals surface area contributed by atoms with Crippen molar-refractivity contribution in [3.63, 3.8) is 0 Å². The lowest BCUT2D eigenvalue weighted by Crippen LogP contribution is -2.09. The number of carbonyl (C=O) groups is 2. The quantitative estimate of drug-likeness (QED) is 0.785. The predicted molar refractivity (Wildman–Crippen MR) is 66.8 cm³/mol.